The average Bonchev–Trinajstić information content (AvgIpc) is 3.14. The van der Waals surface area contributed by atoms with Crippen molar-refractivity contribution in [2.45, 2.75) is 103 Å². The molecule has 0 aromatic carbocycles. The highest BCUT2D eigenvalue weighted by Gasteiger charge is 2.59. The van der Waals surface area contributed by atoms with E-state index >= 15 is 0 Å². The molecule has 7 heteroatoms. The molecule has 1 N–H and O–H groups in total. The van der Waals surface area contributed by atoms with E-state index in [1.54, 1.807) is 0 Å². The number of esters is 2. The molecular formula is C28H40O7. The smallest absolute Gasteiger partial charge is 0.306 e. The molecule has 0 aliphatic heterocycles. The zero-order chi connectivity index (χ0) is 25.2. The van der Waals surface area contributed by atoms with Crippen LogP contribution in [0.25, 0.3) is 0 Å². The summed E-state index contributed by atoms with van der Waals surface area (Å²) in [6, 6.07) is 0. The fourth-order valence-electron chi connectivity index (χ4n) is 7.76. The number of ether oxygens (including phenoxy) is 2. The van der Waals surface area contributed by atoms with Crippen LogP contribution in [0.1, 0.15) is 97.3 Å². The van der Waals surface area contributed by atoms with Crippen LogP contribution in [0.2, 0.25) is 0 Å². The molecule has 0 aromatic heterocycles. The van der Waals surface area contributed by atoms with Crippen LogP contribution in [0.15, 0.2) is 11.6 Å². The minimum absolute atomic E-state index is 0.0264. The highest BCUT2D eigenvalue weighted by Crippen LogP contribution is 2.65. The van der Waals surface area contributed by atoms with E-state index in [1.165, 1.54) is 5.57 Å². The zero-order valence-electron chi connectivity index (χ0n) is 21.2. The molecule has 194 valence electrons. The molecule has 3 fully saturated rings. The minimum Gasteiger partial charge on any atom is -0.481 e. The summed E-state index contributed by atoms with van der Waals surface area (Å²) in [7, 11) is 0. The molecule has 7 nitrogen and oxygen atoms in total. The molecule has 3 saturated carbocycles. The lowest BCUT2D eigenvalue weighted by Crippen LogP contribution is -2.51. The number of fused-ring (bicyclic) bond motifs is 5. The summed E-state index contributed by atoms with van der Waals surface area (Å²) in [4.78, 5) is 46.6. The SMILES string of the molecule is C[C@]12CC[C@H]3[C@@H](CCC4=CC(=O)CC[C@@]43C)[C@@H]1CC[C@@H]2OC(=O)CCCCOC(=O)CCC(=O)O. The van der Waals surface area contributed by atoms with Crippen LogP contribution in [0.4, 0.5) is 0 Å². The van der Waals surface area contributed by atoms with Crippen LogP contribution in [0, 0.1) is 28.6 Å². The lowest BCUT2D eigenvalue weighted by molar-refractivity contribution is -0.160. The molecule has 0 heterocycles. The Morgan fingerprint density at radius 2 is 1.74 bits per heavy atom. The Labute approximate surface area is 208 Å². The van der Waals surface area contributed by atoms with Crippen molar-refractivity contribution in [1.82, 2.24) is 0 Å². The van der Waals surface area contributed by atoms with E-state index in [1.807, 2.05) is 6.08 Å². The lowest BCUT2D eigenvalue weighted by atomic mass is 9.47. The van der Waals surface area contributed by atoms with E-state index in [4.69, 9.17) is 14.6 Å². The van der Waals surface area contributed by atoms with Gasteiger partial charge in [0.2, 0.25) is 0 Å². The van der Waals surface area contributed by atoms with Crippen LogP contribution in [0.5, 0.6) is 0 Å². The molecule has 4 aliphatic carbocycles. The van der Waals surface area contributed by atoms with Crippen molar-refractivity contribution in [3.05, 3.63) is 11.6 Å². The third-order valence-corrected chi connectivity index (χ3v) is 9.73. The summed E-state index contributed by atoms with van der Waals surface area (Å²) in [5, 5.41) is 8.59. The first kappa shape index (κ1) is 25.9. The maximum Gasteiger partial charge on any atom is 0.306 e. The molecule has 4 aliphatic rings. The Balaban J connectivity index is 1.25. The number of allylic oxidation sites excluding steroid dienone is 1. The van der Waals surface area contributed by atoms with Gasteiger partial charge in [0.1, 0.15) is 6.10 Å². The molecule has 0 amide bonds. The molecule has 0 bridgehead atoms. The third kappa shape index (κ3) is 5.34. The molecule has 35 heavy (non-hydrogen) atoms. The summed E-state index contributed by atoms with van der Waals surface area (Å²) in [5.41, 5.74) is 1.56. The van der Waals surface area contributed by atoms with Crippen LogP contribution in [0.3, 0.4) is 0 Å². The van der Waals surface area contributed by atoms with Crippen molar-refractivity contribution in [3.8, 4) is 0 Å². The lowest BCUT2D eigenvalue weighted by Gasteiger charge is -2.57. The average molecular weight is 489 g/mol. The molecule has 0 unspecified atom stereocenters. The summed E-state index contributed by atoms with van der Waals surface area (Å²) in [6.45, 7) is 4.91. The van der Waals surface area contributed by atoms with Gasteiger partial charge in [0.15, 0.2) is 5.78 Å². The number of carbonyl (C=O) groups excluding carboxylic acids is 3. The van der Waals surface area contributed by atoms with Crippen molar-refractivity contribution in [2.24, 2.45) is 28.6 Å². The Morgan fingerprint density at radius 1 is 0.943 bits per heavy atom. The van der Waals surface area contributed by atoms with Gasteiger partial charge >= 0.3 is 17.9 Å². The first-order chi connectivity index (χ1) is 16.6. The van der Waals surface area contributed by atoms with E-state index in [9.17, 15) is 19.2 Å². The van der Waals surface area contributed by atoms with Crippen molar-refractivity contribution in [1.29, 1.82) is 0 Å². The molecule has 0 saturated heterocycles. The van der Waals surface area contributed by atoms with Gasteiger partial charge in [-0.25, -0.2) is 0 Å². The van der Waals surface area contributed by atoms with Gasteiger partial charge in [0.25, 0.3) is 0 Å². The fraction of sp³-hybridized carbons (Fsp3) is 0.786. The van der Waals surface area contributed by atoms with Crippen LogP contribution in [-0.2, 0) is 28.7 Å². The second kappa shape index (κ2) is 10.4. The van der Waals surface area contributed by atoms with Gasteiger partial charge in [-0.15, -0.1) is 0 Å². The minimum atomic E-state index is -1.02. The highest BCUT2D eigenvalue weighted by atomic mass is 16.5. The summed E-state index contributed by atoms with van der Waals surface area (Å²) in [5.74, 6) is 0.411. The maximum atomic E-state index is 12.6. The number of carbonyl (C=O) groups is 4. The van der Waals surface area contributed by atoms with Gasteiger partial charge in [0.05, 0.1) is 19.4 Å². The molecular weight excluding hydrogens is 448 g/mol. The van der Waals surface area contributed by atoms with E-state index in [-0.39, 0.29) is 42.4 Å². The number of carboxylic acids is 1. The topological polar surface area (TPSA) is 107 Å². The number of carboxylic acid groups (broad SMARTS) is 1. The van der Waals surface area contributed by atoms with Crippen molar-refractivity contribution in [2.75, 3.05) is 6.61 Å². The van der Waals surface area contributed by atoms with Crippen LogP contribution in [-0.4, -0.2) is 41.5 Å². The van der Waals surface area contributed by atoms with Crippen LogP contribution >= 0.6 is 0 Å². The normalized spacial score (nSPS) is 35.8. The fourth-order valence-corrected chi connectivity index (χ4v) is 7.76. The number of rotatable bonds is 9. The Bertz CT molecular complexity index is 892. The first-order valence-electron chi connectivity index (χ1n) is 13.4. The number of hydrogen-bond donors (Lipinski definition) is 1. The predicted octanol–water partition coefficient (Wildman–Crippen LogP) is 5.01. The van der Waals surface area contributed by atoms with E-state index in [0.717, 1.165) is 44.9 Å². The largest absolute Gasteiger partial charge is 0.481 e. The second-order valence-electron chi connectivity index (χ2n) is 11.6. The number of unbranched alkanes of at least 4 members (excludes halogenated alkanes) is 1. The summed E-state index contributed by atoms with van der Waals surface area (Å²) < 4.78 is 11.1. The maximum absolute atomic E-state index is 12.6. The van der Waals surface area contributed by atoms with Gasteiger partial charge < -0.3 is 14.6 Å². The predicted molar refractivity (Wildman–Crippen MR) is 128 cm³/mol. The summed E-state index contributed by atoms with van der Waals surface area (Å²) >= 11 is 0. The number of hydrogen-bond acceptors (Lipinski definition) is 6. The Morgan fingerprint density at radius 3 is 2.51 bits per heavy atom. The third-order valence-electron chi connectivity index (χ3n) is 9.73. The standard InChI is InChI=1S/C28H40O7/c1-27-14-12-19(29)17-18(27)6-7-20-21-8-9-23(28(21,2)15-13-22(20)27)35-26(33)5-3-4-16-34-25(32)11-10-24(30)31/h17,20-23H,3-16H2,1-2H3,(H,30,31)/t20-,21-,22-,23-,27-,28-/m0/s1. The highest BCUT2D eigenvalue weighted by molar-refractivity contribution is 5.91. The molecule has 0 radical (unpaired) electrons. The van der Waals surface area contributed by atoms with Crippen molar-refractivity contribution in [3.63, 3.8) is 0 Å². The molecule has 4 rings (SSSR count). The van der Waals surface area contributed by atoms with E-state index in [2.05, 4.69) is 13.8 Å². The van der Waals surface area contributed by atoms with Gasteiger partial charge in [-0.2, -0.15) is 0 Å². The van der Waals surface area contributed by atoms with Gasteiger partial charge in [-0.05, 0) is 87.0 Å². The monoisotopic (exact) mass is 488 g/mol. The molecule has 0 aromatic rings. The van der Waals surface area contributed by atoms with Gasteiger partial charge in [0, 0.05) is 18.3 Å². The quantitative estimate of drug-likeness (QED) is 0.359. The second-order valence-corrected chi connectivity index (χ2v) is 11.6. The number of aliphatic carboxylic acids is 1. The van der Waals surface area contributed by atoms with Crippen molar-refractivity contribution >= 4 is 23.7 Å². The van der Waals surface area contributed by atoms with Crippen molar-refractivity contribution < 1.29 is 33.8 Å². The van der Waals surface area contributed by atoms with Gasteiger partial charge in [-0.3, -0.25) is 19.2 Å². The van der Waals surface area contributed by atoms with E-state index < -0.39 is 11.9 Å². The van der Waals surface area contributed by atoms with Crippen LogP contribution < -0.4 is 0 Å². The van der Waals surface area contributed by atoms with E-state index in [0.29, 0.717) is 49.2 Å². The number of ketones is 1. The van der Waals surface area contributed by atoms with Gasteiger partial charge in [-0.1, -0.05) is 19.4 Å². The summed E-state index contributed by atoms with van der Waals surface area (Å²) in [6.07, 6.45) is 11.1. The first-order valence-corrected chi connectivity index (χ1v) is 13.4. The molecule has 0 spiro atoms. The molecule has 6 atom stereocenters. The Kier molecular flexibility index (Phi) is 7.72. The zero-order valence-corrected chi connectivity index (χ0v) is 21.2. The Hall–Kier alpha value is -2.18.